The second-order valence-electron chi connectivity index (χ2n) is 5.85. The highest BCUT2D eigenvalue weighted by Crippen LogP contribution is 2.24. The molecule has 17 heavy (non-hydrogen) atoms. The van der Waals surface area contributed by atoms with Gasteiger partial charge in [0.2, 0.25) is 0 Å². The van der Waals surface area contributed by atoms with Gasteiger partial charge < -0.3 is 5.11 Å². The molecular weight excluding hydrogens is 210 g/mol. The first-order chi connectivity index (χ1) is 7.84. The molecule has 0 saturated carbocycles. The summed E-state index contributed by atoms with van der Waals surface area (Å²) in [4.78, 5) is 2.15. The van der Waals surface area contributed by atoms with Gasteiger partial charge in [-0.3, -0.25) is 4.90 Å². The van der Waals surface area contributed by atoms with Crippen LogP contribution in [0.5, 0.6) is 0 Å². The molecule has 0 saturated heterocycles. The summed E-state index contributed by atoms with van der Waals surface area (Å²) in [5.74, 6) is 0. The van der Waals surface area contributed by atoms with Crippen molar-refractivity contribution in [1.82, 2.24) is 4.90 Å². The Hall–Kier alpha value is -0.860. The number of benzene rings is 1. The molecule has 0 fully saturated rings. The minimum Gasteiger partial charge on any atom is -0.395 e. The maximum absolute atomic E-state index is 8.93. The number of aliphatic hydroxyl groups is 1. The van der Waals surface area contributed by atoms with Crippen LogP contribution < -0.4 is 0 Å². The Morgan fingerprint density at radius 3 is 2.41 bits per heavy atom. The molecule has 1 aromatic carbocycles. The van der Waals surface area contributed by atoms with E-state index in [-0.39, 0.29) is 12.0 Å². The van der Waals surface area contributed by atoms with Gasteiger partial charge in [0.25, 0.3) is 0 Å². The lowest BCUT2D eigenvalue weighted by atomic mass is 9.85. The molecule has 2 nitrogen and oxygen atoms in total. The number of aryl methyl sites for hydroxylation is 1. The Morgan fingerprint density at radius 2 is 1.88 bits per heavy atom. The predicted molar refractivity (Wildman–Crippen MR) is 73.3 cm³/mol. The van der Waals surface area contributed by atoms with Gasteiger partial charge in [0.05, 0.1) is 6.61 Å². The Labute approximate surface area is 105 Å². The van der Waals surface area contributed by atoms with Gasteiger partial charge in [-0.15, -0.1) is 0 Å². The minimum atomic E-state index is 0.192. The maximum atomic E-state index is 8.93. The molecule has 0 aliphatic heterocycles. The van der Waals surface area contributed by atoms with Crippen LogP contribution in [0, 0.1) is 6.92 Å². The normalized spacial score (nSPS) is 12.2. The molecule has 0 aliphatic rings. The van der Waals surface area contributed by atoms with E-state index in [1.165, 1.54) is 16.7 Å². The van der Waals surface area contributed by atoms with Crippen molar-refractivity contribution in [1.29, 1.82) is 0 Å². The van der Waals surface area contributed by atoms with E-state index in [2.05, 4.69) is 50.8 Å². The number of likely N-dealkylation sites (N-methyl/N-ethyl adjacent to an activating group) is 1. The van der Waals surface area contributed by atoms with Crippen molar-refractivity contribution >= 4 is 0 Å². The molecule has 0 heterocycles. The standard InChI is InChI=1S/C15H25NO/c1-12-6-7-14(15(2,3)4)10-13(12)11-16(5)8-9-17/h6-7,10,17H,8-9,11H2,1-5H3. The number of nitrogens with zero attached hydrogens (tertiary/aromatic N) is 1. The average molecular weight is 235 g/mol. The Morgan fingerprint density at radius 1 is 1.24 bits per heavy atom. The van der Waals surface area contributed by atoms with Crippen LogP contribution in [0.1, 0.15) is 37.5 Å². The van der Waals surface area contributed by atoms with Crippen LogP contribution in [0.2, 0.25) is 0 Å². The third-order valence-electron chi connectivity index (χ3n) is 3.14. The predicted octanol–water partition coefficient (Wildman–Crippen LogP) is 2.72. The van der Waals surface area contributed by atoms with Crippen LogP contribution in [0.3, 0.4) is 0 Å². The summed E-state index contributed by atoms with van der Waals surface area (Å²) in [7, 11) is 2.04. The monoisotopic (exact) mass is 235 g/mol. The molecule has 0 bridgehead atoms. The summed E-state index contributed by atoms with van der Waals surface area (Å²) >= 11 is 0. The van der Waals surface area contributed by atoms with Crippen molar-refractivity contribution < 1.29 is 5.11 Å². The van der Waals surface area contributed by atoms with Crippen LogP contribution in [-0.4, -0.2) is 30.2 Å². The van der Waals surface area contributed by atoms with Crippen LogP contribution in [0.25, 0.3) is 0 Å². The van der Waals surface area contributed by atoms with E-state index in [4.69, 9.17) is 5.11 Å². The van der Waals surface area contributed by atoms with Crippen LogP contribution in [0.4, 0.5) is 0 Å². The maximum Gasteiger partial charge on any atom is 0.0558 e. The number of aliphatic hydroxyl groups excluding tert-OH is 1. The minimum absolute atomic E-state index is 0.192. The van der Waals surface area contributed by atoms with E-state index in [0.29, 0.717) is 0 Å². The Kier molecular flexibility index (Phi) is 4.72. The summed E-state index contributed by atoms with van der Waals surface area (Å²) in [6, 6.07) is 6.71. The van der Waals surface area contributed by atoms with Gasteiger partial charge in [0.15, 0.2) is 0 Å². The third kappa shape index (κ3) is 4.14. The molecule has 1 N–H and O–H groups in total. The van der Waals surface area contributed by atoms with Crippen molar-refractivity contribution in [3.05, 3.63) is 34.9 Å². The summed E-state index contributed by atoms with van der Waals surface area (Å²) in [6.07, 6.45) is 0. The van der Waals surface area contributed by atoms with Crippen LogP contribution in [0.15, 0.2) is 18.2 Å². The molecule has 0 amide bonds. The lowest BCUT2D eigenvalue weighted by Gasteiger charge is -2.22. The molecule has 0 unspecified atom stereocenters. The quantitative estimate of drug-likeness (QED) is 0.867. The highest BCUT2D eigenvalue weighted by molar-refractivity contribution is 5.34. The highest BCUT2D eigenvalue weighted by atomic mass is 16.3. The zero-order chi connectivity index (χ0) is 13.1. The summed E-state index contributed by atoms with van der Waals surface area (Å²) < 4.78 is 0. The number of rotatable bonds is 4. The molecule has 1 aromatic rings. The van der Waals surface area contributed by atoms with E-state index in [0.717, 1.165) is 13.1 Å². The van der Waals surface area contributed by atoms with E-state index in [9.17, 15) is 0 Å². The second-order valence-corrected chi connectivity index (χ2v) is 5.85. The molecule has 0 spiro atoms. The Balaban J connectivity index is 2.91. The first-order valence-electron chi connectivity index (χ1n) is 6.24. The van der Waals surface area contributed by atoms with Gasteiger partial charge in [-0.05, 0) is 36.1 Å². The molecule has 0 aromatic heterocycles. The zero-order valence-corrected chi connectivity index (χ0v) is 11.7. The molecule has 96 valence electrons. The average Bonchev–Trinajstić information content (AvgIpc) is 2.20. The van der Waals surface area contributed by atoms with Crippen molar-refractivity contribution in [2.75, 3.05) is 20.2 Å². The summed E-state index contributed by atoms with van der Waals surface area (Å²) in [5, 5.41) is 8.93. The number of hydrogen-bond donors (Lipinski definition) is 1. The van der Waals surface area contributed by atoms with Gasteiger partial charge >= 0.3 is 0 Å². The largest absolute Gasteiger partial charge is 0.395 e. The smallest absolute Gasteiger partial charge is 0.0558 e. The second kappa shape index (κ2) is 5.65. The van der Waals surface area contributed by atoms with Gasteiger partial charge in [-0.25, -0.2) is 0 Å². The molecule has 0 atom stereocenters. The van der Waals surface area contributed by atoms with Crippen LogP contribution in [-0.2, 0) is 12.0 Å². The van der Waals surface area contributed by atoms with Gasteiger partial charge in [0.1, 0.15) is 0 Å². The van der Waals surface area contributed by atoms with Crippen molar-refractivity contribution in [2.45, 2.75) is 39.7 Å². The van der Waals surface area contributed by atoms with Crippen molar-refractivity contribution in [3.8, 4) is 0 Å². The van der Waals surface area contributed by atoms with Crippen molar-refractivity contribution in [2.24, 2.45) is 0 Å². The van der Waals surface area contributed by atoms with Gasteiger partial charge in [-0.2, -0.15) is 0 Å². The number of hydrogen-bond acceptors (Lipinski definition) is 2. The molecule has 0 radical (unpaired) electrons. The lowest BCUT2D eigenvalue weighted by molar-refractivity contribution is 0.217. The SMILES string of the molecule is Cc1ccc(C(C)(C)C)cc1CN(C)CCO. The molecule has 2 heteroatoms. The highest BCUT2D eigenvalue weighted by Gasteiger charge is 2.15. The fourth-order valence-corrected chi connectivity index (χ4v) is 1.85. The van der Waals surface area contributed by atoms with Gasteiger partial charge in [0, 0.05) is 13.1 Å². The molecular formula is C15H25NO. The molecule has 0 aliphatic carbocycles. The fourth-order valence-electron chi connectivity index (χ4n) is 1.85. The summed E-state index contributed by atoms with van der Waals surface area (Å²) in [6.45, 7) is 10.7. The van der Waals surface area contributed by atoms with Crippen LogP contribution >= 0.6 is 0 Å². The first kappa shape index (κ1) is 14.2. The van der Waals surface area contributed by atoms with E-state index >= 15 is 0 Å². The Bertz CT molecular complexity index is 366. The van der Waals surface area contributed by atoms with E-state index < -0.39 is 0 Å². The third-order valence-corrected chi connectivity index (χ3v) is 3.14. The lowest BCUT2D eigenvalue weighted by Crippen LogP contribution is -2.22. The van der Waals surface area contributed by atoms with E-state index in [1.807, 2.05) is 7.05 Å². The topological polar surface area (TPSA) is 23.5 Å². The van der Waals surface area contributed by atoms with Crippen molar-refractivity contribution in [3.63, 3.8) is 0 Å². The molecule has 1 rings (SSSR count). The van der Waals surface area contributed by atoms with Gasteiger partial charge in [-0.1, -0.05) is 39.0 Å². The first-order valence-corrected chi connectivity index (χ1v) is 6.24. The van der Waals surface area contributed by atoms with E-state index in [1.54, 1.807) is 0 Å². The summed E-state index contributed by atoms with van der Waals surface area (Å²) in [5.41, 5.74) is 4.24. The zero-order valence-electron chi connectivity index (χ0n) is 11.7. The fraction of sp³-hybridized carbons (Fsp3) is 0.600.